The molecule has 3 aromatic rings. The van der Waals surface area contributed by atoms with Crippen LogP contribution in [0.1, 0.15) is 49.7 Å². The molecule has 1 heterocycles. The van der Waals surface area contributed by atoms with E-state index >= 15 is 0 Å². The van der Waals surface area contributed by atoms with Gasteiger partial charge in [0, 0.05) is 6.42 Å². The van der Waals surface area contributed by atoms with E-state index in [1.54, 1.807) is 19.1 Å². The van der Waals surface area contributed by atoms with E-state index in [1.165, 1.54) is 22.3 Å². The summed E-state index contributed by atoms with van der Waals surface area (Å²) < 4.78 is 5.77. The van der Waals surface area contributed by atoms with Gasteiger partial charge in [0.1, 0.15) is 11.5 Å². The van der Waals surface area contributed by atoms with E-state index in [9.17, 15) is 9.90 Å². The summed E-state index contributed by atoms with van der Waals surface area (Å²) in [4.78, 5) is 12.5. The molecule has 0 saturated heterocycles. The fourth-order valence-corrected chi connectivity index (χ4v) is 3.50. The molecule has 0 aliphatic carbocycles. The number of rotatable bonds is 4. The number of amides is 1. The minimum Gasteiger partial charge on any atom is -0.505 e. The lowest BCUT2D eigenvalue weighted by Gasteiger charge is -2.10. The van der Waals surface area contributed by atoms with Gasteiger partial charge in [-0.15, -0.1) is 0 Å². The predicted octanol–water partition coefficient (Wildman–Crippen LogP) is 5.37. The Morgan fingerprint density at radius 1 is 0.926 bits per heavy atom. The van der Waals surface area contributed by atoms with Gasteiger partial charge in [0.15, 0.2) is 5.76 Å². The normalized spacial score (nSPS) is 10.9. The number of furan rings is 1. The smallest absolute Gasteiger partial charge is 0.291 e. The van der Waals surface area contributed by atoms with E-state index in [0.717, 1.165) is 16.9 Å². The summed E-state index contributed by atoms with van der Waals surface area (Å²) in [5, 5.41) is 12.9. The molecule has 0 atom stereocenters. The molecule has 1 amide bonds. The molecule has 2 aromatic carbocycles. The lowest BCUT2D eigenvalue weighted by atomic mass is 9.97. The highest BCUT2D eigenvalue weighted by Crippen LogP contribution is 2.29. The van der Waals surface area contributed by atoms with Crippen LogP contribution in [0.4, 0.5) is 5.69 Å². The number of phenols is 1. The first-order chi connectivity index (χ1) is 12.7. The van der Waals surface area contributed by atoms with Crippen molar-refractivity contribution in [2.24, 2.45) is 0 Å². The second-order valence-electron chi connectivity index (χ2n) is 7.25. The maximum absolute atomic E-state index is 12.5. The summed E-state index contributed by atoms with van der Waals surface area (Å²) >= 11 is 0. The number of carbonyl (C=O) groups is 1. The van der Waals surface area contributed by atoms with E-state index in [1.807, 2.05) is 19.1 Å². The highest BCUT2D eigenvalue weighted by atomic mass is 16.3. The molecular weight excluding hydrogens is 338 g/mol. The molecule has 0 bridgehead atoms. The van der Waals surface area contributed by atoms with Gasteiger partial charge in [-0.3, -0.25) is 4.79 Å². The van der Waals surface area contributed by atoms with Crippen molar-refractivity contribution in [2.45, 2.75) is 41.0 Å². The average Bonchev–Trinajstić information content (AvgIpc) is 3.04. The van der Waals surface area contributed by atoms with Crippen LogP contribution in [0.2, 0.25) is 0 Å². The Kier molecular flexibility index (Phi) is 5.08. The molecule has 4 nitrogen and oxygen atoms in total. The van der Waals surface area contributed by atoms with Crippen LogP contribution in [0.15, 0.2) is 40.8 Å². The van der Waals surface area contributed by atoms with Gasteiger partial charge in [-0.25, -0.2) is 0 Å². The van der Waals surface area contributed by atoms with Crippen molar-refractivity contribution in [1.82, 2.24) is 0 Å². The fourth-order valence-electron chi connectivity index (χ4n) is 3.50. The quantitative estimate of drug-likeness (QED) is 0.613. The standard InChI is InChI=1S/C23H25NO3/c1-13-8-15(3)19(16(4)9-13)12-18-6-7-21(27-18)23(26)24-20-11-14(2)10-17(5)22(20)25/h6-11,25H,12H2,1-5H3,(H,24,26). The van der Waals surface area contributed by atoms with Crippen molar-refractivity contribution in [2.75, 3.05) is 5.32 Å². The van der Waals surface area contributed by atoms with Crippen LogP contribution in [0.5, 0.6) is 5.75 Å². The molecule has 3 rings (SSSR count). The molecule has 0 saturated carbocycles. The topological polar surface area (TPSA) is 62.5 Å². The van der Waals surface area contributed by atoms with Crippen LogP contribution in [0, 0.1) is 34.6 Å². The third-order valence-corrected chi connectivity index (χ3v) is 4.77. The van der Waals surface area contributed by atoms with Gasteiger partial charge in [-0.1, -0.05) is 23.8 Å². The second kappa shape index (κ2) is 7.31. The number of nitrogens with one attached hydrogen (secondary N) is 1. The zero-order chi connectivity index (χ0) is 19.7. The van der Waals surface area contributed by atoms with Crippen LogP contribution in [-0.2, 0) is 6.42 Å². The van der Waals surface area contributed by atoms with E-state index in [4.69, 9.17) is 4.42 Å². The predicted molar refractivity (Wildman–Crippen MR) is 108 cm³/mol. The Morgan fingerprint density at radius 2 is 1.52 bits per heavy atom. The first-order valence-electron chi connectivity index (χ1n) is 9.01. The van der Waals surface area contributed by atoms with E-state index in [-0.39, 0.29) is 17.4 Å². The van der Waals surface area contributed by atoms with Crippen LogP contribution in [0.25, 0.3) is 0 Å². The Bertz CT molecular complexity index is 991. The summed E-state index contributed by atoms with van der Waals surface area (Å²) in [6.45, 7) is 9.99. The first kappa shape index (κ1) is 18.8. The average molecular weight is 363 g/mol. The minimum absolute atomic E-state index is 0.0756. The molecule has 0 unspecified atom stereocenters. The third kappa shape index (κ3) is 4.05. The minimum atomic E-state index is -0.376. The molecule has 0 aliphatic rings. The van der Waals surface area contributed by atoms with E-state index in [2.05, 4.69) is 38.2 Å². The molecule has 4 heteroatoms. The number of benzene rings is 2. The Hall–Kier alpha value is -3.01. The lowest BCUT2D eigenvalue weighted by Crippen LogP contribution is -2.11. The van der Waals surface area contributed by atoms with Crippen molar-refractivity contribution in [3.8, 4) is 5.75 Å². The first-order valence-corrected chi connectivity index (χ1v) is 9.01. The second-order valence-corrected chi connectivity index (χ2v) is 7.25. The lowest BCUT2D eigenvalue weighted by molar-refractivity contribution is 0.0994. The molecule has 0 fully saturated rings. The van der Waals surface area contributed by atoms with Crippen molar-refractivity contribution in [3.63, 3.8) is 0 Å². The summed E-state index contributed by atoms with van der Waals surface area (Å²) in [7, 11) is 0. The van der Waals surface area contributed by atoms with Crippen LogP contribution >= 0.6 is 0 Å². The van der Waals surface area contributed by atoms with Crippen molar-refractivity contribution in [1.29, 1.82) is 0 Å². The van der Waals surface area contributed by atoms with Crippen molar-refractivity contribution < 1.29 is 14.3 Å². The summed E-state index contributed by atoms with van der Waals surface area (Å²) in [5.41, 5.74) is 6.96. The molecule has 27 heavy (non-hydrogen) atoms. The van der Waals surface area contributed by atoms with Crippen LogP contribution in [-0.4, -0.2) is 11.0 Å². The van der Waals surface area contributed by atoms with Gasteiger partial charge in [-0.2, -0.15) is 0 Å². The number of hydrogen-bond acceptors (Lipinski definition) is 3. The number of anilines is 1. The SMILES string of the molecule is Cc1cc(C)c(Cc2ccc(C(=O)Nc3cc(C)cc(C)c3O)o2)c(C)c1. The van der Waals surface area contributed by atoms with Gasteiger partial charge in [0.25, 0.3) is 5.91 Å². The molecule has 2 N–H and O–H groups in total. The maximum atomic E-state index is 12.5. The van der Waals surface area contributed by atoms with Crippen LogP contribution < -0.4 is 5.32 Å². The summed E-state index contributed by atoms with van der Waals surface area (Å²) in [6.07, 6.45) is 0.639. The third-order valence-electron chi connectivity index (χ3n) is 4.77. The van der Waals surface area contributed by atoms with Gasteiger partial charge < -0.3 is 14.8 Å². The Labute approximate surface area is 159 Å². The number of phenolic OH excluding ortho intramolecular Hbond substituents is 1. The van der Waals surface area contributed by atoms with Gasteiger partial charge in [0.05, 0.1) is 5.69 Å². The molecular formula is C23H25NO3. The van der Waals surface area contributed by atoms with Gasteiger partial charge in [0.2, 0.25) is 0 Å². The zero-order valence-electron chi connectivity index (χ0n) is 16.4. The molecule has 0 aliphatic heterocycles. The number of aromatic hydroxyl groups is 1. The van der Waals surface area contributed by atoms with Crippen molar-refractivity contribution in [3.05, 3.63) is 81.3 Å². The zero-order valence-corrected chi connectivity index (χ0v) is 16.4. The van der Waals surface area contributed by atoms with Gasteiger partial charge >= 0.3 is 0 Å². The number of carbonyl (C=O) groups excluding carboxylic acids is 1. The van der Waals surface area contributed by atoms with Crippen LogP contribution in [0.3, 0.4) is 0 Å². The maximum Gasteiger partial charge on any atom is 0.291 e. The summed E-state index contributed by atoms with van der Waals surface area (Å²) in [6, 6.07) is 11.4. The molecule has 140 valence electrons. The number of aryl methyl sites for hydroxylation is 5. The fraction of sp³-hybridized carbons (Fsp3) is 0.261. The highest BCUT2D eigenvalue weighted by Gasteiger charge is 2.16. The monoisotopic (exact) mass is 363 g/mol. The molecule has 0 radical (unpaired) electrons. The molecule has 1 aromatic heterocycles. The largest absolute Gasteiger partial charge is 0.505 e. The van der Waals surface area contributed by atoms with E-state index in [0.29, 0.717) is 12.1 Å². The molecule has 0 spiro atoms. The van der Waals surface area contributed by atoms with Crippen molar-refractivity contribution >= 4 is 11.6 Å². The highest BCUT2D eigenvalue weighted by molar-refractivity contribution is 6.03. The van der Waals surface area contributed by atoms with E-state index < -0.39 is 0 Å². The number of hydrogen-bond donors (Lipinski definition) is 2. The van der Waals surface area contributed by atoms with Gasteiger partial charge in [-0.05, 0) is 80.6 Å². The summed E-state index contributed by atoms with van der Waals surface area (Å²) in [5.74, 6) is 0.663. The Balaban J connectivity index is 1.79. The Morgan fingerprint density at radius 3 is 2.19 bits per heavy atom.